The Morgan fingerprint density at radius 2 is 1.45 bits per heavy atom. The fourth-order valence-electron chi connectivity index (χ4n) is 2.73. The molecule has 2 rings (SSSR count). The highest BCUT2D eigenvalue weighted by Crippen LogP contribution is 2.09. The molecule has 0 N–H and O–H groups in total. The molecule has 0 radical (unpaired) electrons. The second-order valence-electron chi connectivity index (χ2n) is 5.51. The van der Waals surface area contributed by atoms with Crippen LogP contribution in [0.15, 0.2) is 0 Å². The predicted molar refractivity (Wildman–Crippen MR) is 79.3 cm³/mol. The molecule has 0 atom stereocenters. The fourth-order valence-corrected chi connectivity index (χ4v) is 4.22. The predicted octanol–water partition coefficient (Wildman–Crippen LogP) is -0.324. The van der Waals surface area contributed by atoms with Gasteiger partial charge < -0.3 is 4.74 Å². The molecule has 2 heterocycles. The highest BCUT2D eigenvalue weighted by Gasteiger charge is 2.26. The van der Waals surface area contributed by atoms with Crippen LogP contribution in [-0.4, -0.2) is 93.8 Å². The van der Waals surface area contributed by atoms with Gasteiger partial charge in [0, 0.05) is 52.4 Å². The number of rotatable bonds is 6. The molecule has 0 saturated carbocycles. The summed E-state index contributed by atoms with van der Waals surface area (Å²) in [4.78, 5) is 4.79. The molecular weight excluding hydrogens is 278 g/mol. The second-order valence-corrected chi connectivity index (χ2v) is 7.60. The third-order valence-electron chi connectivity index (χ3n) is 4.02. The van der Waals surface area contributed by atoms with Gasteiger partial charge in [0.25, 0.3) is 0 Å². The molecule has 20 heavy (non-hydrogen) atoms. The topological polar surface area (TPSA) is 53.1 Å². The molecule has 2 fully saturated rings. The number of nitrogens with zero attached hydrogens (tertiary/aromatic N) is 3. The van der Waals surface area contributed by atoms with Crippen LogP contribution >= 0.6 is 0 Å². The number of sulfonamides is 1. The summed E-state index contributed by atoms with van der Waals surface area (Å²) in [5.41, 5.74) is 0. The van der Waals surface area contributed by atoms with Crippen LogP contribution in [0.25, 0.3) is 0 Å². The van der Waals surface area contributed by atoms with E-state index in [1.165, 1.54) is 0 Å². The molecule has 7 heteroatoms. The van der Waals surface area contributed by atoms with Crippen LogP contribution in [-0.2, 0) is 14.8 Å². The summed E-state index contributed by atoms with van der Waals surface area (Å²) in [6.45, 7) is 10.7. The number of ether oxygens (including phenoxy) is 1. The lowest BCUT2D eigenvalue weighted by Gasteiger charge is -2.35. The molecule has 2 aliphatic heterocycles. The molecule has 0 aromatic heterocycles. The molecule has 0 amide bonds. The Kier molecular flexibility index (Phi) is 6.22. The van der Waals surface area contributed by atoms with Gasteiger partial charge in [0.15, 0.2) is 0 Å². The molecule has 6 nitrogen and oxygen atoms in total. The Hall–Kier alpha value is -0.210. The second kappa shape index (κ2) is 7.70. The van der Waals surface area contributed by atoms with E-state index in [0.717, 1.165) is 52.5 Å². The molecule has 2 aliphatic rings. The molecule has 0 aromatic rings. The van der Waals surface area contributed by atoms with Crippen LogP contribution in [0.4, 0.5) is 0 Å². The molecule has 0 aromatic carbocycles. The van der Waals surface area contributed by atoms with Crippen LogP contribution in [0.2, 0.25) is 0 Å². The molecule has 2 saturated heterocycles. The largest absolute Gasteiger partial charge is 0.379 e. The highest BCUT2D eigenvalue weighted by molar-refractivity contribution is 7.89. The van der Waals surface area contributed by atoms with Gasteiger partial charge in [-0.1, -0.05) is 6.92 Å². The summed E-state index contributed by atoms with van der Waals surface area (Å²) >= 11 is 0. The molecule has 0 spiro atoms. The lowest BCUT2D eigenvalue weighted by molar-refractivity contribution is 0.0317. The van der Waals surface area contributed by atoms with Crippen LogP contribution in [0, 0.1) is 0 Å². The van der Waals surface area contributed by atoms with Gasteiger partial charge in [0.05, 0.1) is 19.0 Å². The van der Waals surface area contributed by atoms with Crippen molar-refractivity contribution < 1.29 is 13.2 Å². The first-order valence-electron chi connectivity index (χ1n) is 7.62. The Balaban J connectivity index is 1.68. The SMILES string of the molecule is CCCS(=O)(=O)N1CCN(CCN2CCOCC2)CC1. The summed E-state index contributed by atoms with van der Waals surface area (Å²) in [7, 11) is -3.01. The van der Waals surface area contributed by atoms with Crippen LogP contribution < -0.4 is 0 Å². The zero-order valence-electron chi connectivity index (χ0n) is 12.5. The average Bonchev–Trinajstić information content (AvgIpc) is 2.47. The van der Waals surface area contributed by atoms with Crippen LogP contribution in [0.3, 0.4) is 0 Å². The Labute approximate surface area is 122 Å². The smallest absolute Gasteiger partial charge is 0.214 e. The van der Waals surface area contributed by atoms with Gasteiger partial charge in [-0.05, 0) is 6.42 Å². The lowest BCUT2D eigenvalue weighted by Crippen LogP contribution is -2.51. The van der Waals surface area contributed by atoms with Crippen molar-refractivity contribution >= 4 is 10.0 Å². The first-order chi connectivity index (χ1) is 9.62. The number of piperazine rings is 1. The first kappa shape index (κ1) is 16.2. The van der Waals surface area contributed by atoms with E-state index < -0.39 is 10.0 Å². The van der Waals surface area contributed by atoms with Gasteiger partial charge in [0.1, 0.15) is 0 Å². The fraction of sp³-hybridized carbons (Fsp3) is 1.00. The molecule has 0 bridgehead atoms. The standard InChI is InChI=1S/C13H27N3O3S/c1-2-13-20(17,18)16-7-5-14(6-8-16)3-4-15-9-11-19-12-10-15/h2-13H2,1H3. The molecule has 118 valence electrons. The summed E-state index contributed by atoms with van der Waals surface area (Å²) < 4.78 is 31.0. The zero-order chi connectivity index (χ0) is 14.4. The van der Waals surface area contributed by atoms with Crippen LogP contribution in [0.5, 0.6) is 0 Å². The maximum absolute atomic E-state index is 12.0. The summed E-state index contributed by atoms with van der Waals surface area (Å²) in [5, 5.41) is 0. The van der Waals surface area contributed by atoms with Crippen molar-refractivity contribution in [3.8, 4) is 0 Å². The van der Waals surface area contributed by atoms with Crippen molar-refractivity contribution in [1.29, 1.82) is 0 Å². The third-order valence-corrected chi connectivity index (χ3v) is 6.10. The number of hydrogen-bond acceptors (Lipinski definition) is 5. The van der Waals surface area contributed by atoms with E-state index in [2.05, 4.69) is 9.80 Å². The van der Waals surface area contributed by atoms with Gasteiger partial charge in [-0.25, -0.2) is 8.42 Å². The van der Waals surface area contributed by atoms with Crippen molar-refractivity contribution in [3.05, 3.63) is 0 Å². The third kappa shape index (κ3) is 4.66. The van der Waals surface area contributed by atoms with Crippen molar-refractivity contribution in [3.63, 3.8) is 0 Å². The maximum atomic E-state index is 12.0. The van der Waals surface area contributed by atoms with E-state index in [0.29, 0.717) is 19.5 Å². The van der Waals surface area contributed by atoms with Gasteiger partial charge in [0.2, 0.25) is 10.0 Å². The van der Waals surface area contributed by atoms with E-state index in [-0.39, 0.29) is 5.75 Å². The Bertz CT molecular complexity index is 374. The minimum absolute atomic E-state index is 0.279. The zero-order valence-corrected chi connectivity index (χ0v) is 13.3. The first-order valence-corrected chi connectivity index (χ1v) is 9.23. The maximum Gasteiger partial charge on any atom is 0.214 e. The average molecular weight is 305 g/mol. The normalized spacial score (nSPS) is 24.1. The monoisotopic (exact) mass is 305 g/mol. The van der Waals surface area contributed by atoms with Gasteiger partial charge in [-0.3, -0.25) is 9.80 Å². The van der Waals surface area contributed by atoms with Crippen molar-refractivity contribution in [2.24, 2.45) is 0 Å². The van der Waals surface area contributed by atoms with E-state index >= 15 is 0 Å². The minimum atomic E-state index is -3.01. The van der Waals surface area contributed by atoms with E-state index in [4.69, 9.17) is 4.74 Å². The lowest BCUT2D eigenvalue weighted by atomic mass is 10.3. The molecule has 0 unspecified atom stereocenters. The molecule has 0 aliphatic carbocycles. The van der Waals surface area contributed by atoms with Crippen molar-refractivity contribution in [2.45, 2.75) is 13.3 Å². The van der Waals surface area contributed by atoms with Crippen molar-refractivity contribution in [1.82, 2.24) is 14.1 Å². The molecular formula is C13H27N3O3S. The Morgan fingerprint density at radius 1 is 0.900 bits per heavy atom. The van der Waals surface area contributed by atoms with E-state index in [9.17, 15) is 8.42 Å². The van der Waals surface area contributed by atoms with Crippen molar-refractivity contribution in [2.75, 3.05) is 71.3 Å². The van der Waals surface area contributed by atoms with Crippen LogP contribution in [0.1, 0.15) is 13.3 Å². The minimum Gasteiger partial charge on any atom is -0.379 e. The van der Waals surface area contributed by atoms with E-state index in [1.54, 1.807) is 4.31 Å². The number of hydrogen-bond donors (Lipinski definition) is 0. The quantitative estimate of drug-likeness (QED) is 0.673. The summed E-state index contributed by atoms with van der Waals surface area (Å²) in [6.07, 6.45) is 0.694. The van der Waals surface area contributed by atoms with Gasteiger partial charge >= 0.3 is 0 Å². The Morgan fingerprint density at radius 3 is 2.00 bits per heavy atom. The van der Waals surface area contributed by atoms with Gasteiger partial charge in [-0.15, -0.1) is 0 Å². The van der Waals surface area contributed by atoms with Gasteiger partial charge in [-0.2, -0.15) is 4.31 Å². The summed E-state index contributed by atoms with van der Waals surface area (Å²) in [6, 6.07) is 0. The number of morpholine rings is 1. The summed E-state index contributed by atoms with van der Waals surface area (Å²) in [5.74, 6) is 0.279. The highest BCUT2D eigenvalue weighted by atomic mass is 32.2. The van der Waals surface area contributed by atoms with E-state index in [1.807, 2.05) is 6.92 Å².